The Hall–Kier alpha value is -2.55. The molecule has 1 unspecified atom stereocenters. The summed E-state index contributed by atoms with van der Waals surface area (Å²) in [5.41, 5.74) is 3.61. The highest BCUT2D eigenvalue weighted by atomic mass is 16.5. The highest BCUT2D eigenvalue weighted by molar-refractivity contribution is 5.83. The van der Waals surface area contributed by atoms with Crippen LogP contribution in [0, 0.1) is 6.92 Å². The number of fused-ring (bicyclic) bond motifs is 1. The average molecular weight is 367 g/mol. The van der Waals surface area contributed by atoms with E-state index in [0.717, 1.165) is 23.1 Å². The van der Waals surface area contributed by atoms with Crippen molar-refractivity contribution in [2.75, 3.05) is 7.11 Å². The van der Waals surface area contributed by atoms with Gasteiger partial charge in [-0.2, -0.15) is 0 Å². The van der Waals surface area contributed by atoms with Gasteiger partial charge in [-0.25, -0.2) is 0 Å². The van der Waals surface area contributed by atoms with Gasteiger partial charge in [0.05, 0.1) is 18.1 Å². The molecule has 0 aliphatic heterocycles. The first kappa shape index (κ1) is 20.8. The van der Waals surface area contributed by atoms with Crippen molar-refractivity contribution in [3.8, 4) is 17.1 Å². The summed E-state index contributed by atoms with van der Waals surface area (Å²) in [4.78, 5) is 12.7. The van der Waals surface area contributed by atoms with Crippen LogP contribution in [-0.2, 0) is 0 Å². The first-order valence-corrected chi connectivity index (χ1v) is 9.68. The highest BCUT2D eigenvalue weighted by Gasteiger charge is 2.16. The molecular formula is C24H30O3. The quantitative estimate of drug-likeness (QED) is 0.515. The van der Waals surface area contributed by atoms with Crippen LogP contribution in [0.2, 0.25) is 0 Å². The number of para-hydroxylation sites is 1. The van der Waals surface area contributed by atoms with Crippen LogP contribution in [0.15, 0.2) is 51.7 Å². The smallest absolute Gasteiger partial charge is 0.193 e. The van der Waals surface area contributed by atoms with Gasteiger partial charge in [0, 0.05) is 6.07 Å². The summed E-state index contributed by atoms with van der Waals surface area (Å²) < 4.78 is 11.6. The number of methoxy groups -OCH3 is 1. The molecule has 0 radical (unpaired) electrons. The lowest BCUT2D eigenvalue weighted by atomic mass is 9.94. The predicted octanol–water partition coefficient (Wildman–Crippen LogP) is 6.71. The molecule has 0 saturated heterocycles. The summed E-state index contributed by atoms with van der Waals surface area (Å²) in [5.74, 6) is 1.55. The third-order valence-electron chi connectivity index (χ3n) is 4.52. The monoisotopic (exact) mass is 366 g/mol. The molecule has 0 N–H and O–H groups in total. The van der Waals surface area contributed by atoms with Gasteiger partial charge < -0.3 is 9.15 Å². The van der Waals surface area contributed by atoms with Crippen LogP contribution in [0.4, 0.5) is 0 Å². The second kappa shape index (κ2) is 9.40. The van der Waals surface area contributed by atoms with Gasteiger partial charge >= 0.3 is 0 Å². The van der Waals surface area contributed by atoms with Crippen molar-refractivity contribution >= 4 is 11.0 Å². The Morgan fingerprint density at radius 1 is 1.07 bits per heavy atom. The number of ether oxygens (including phenoxy) is 1. The number of aryl methyl sites for hydroxylation is 1. The Morgan fingerprint density at radius 2 is 1.74 bits per heavy atom. The molecular weight excluding hydrogens is 336 g/mol. The van der Waals surface area contributed by atoms with E-state index in [1.807, 2.05) is 37.3 Å². The lowest BCUT2D eigenvalue weighted by Gasteiger charge is -2.14. The second-order valence-corrected chi connectivity index (χ2v) is 6.92. The van der Waals surface area contributed by atoms with Crippen LogP contribution in [0.25, 0.3) is 22.3 Å². The third-order valence-corrected chi connectivity index (χ3v) is 4.52. The van der Waals surface area contributed by atoms with Crippen molar-refractivity contribution in [2.45, 2.75) is 53.4 Å². The summed E-state index contributed by atoms with van der Waals surface area (Å²) in [6.07, 6.45) is 2.24. The molecule has 27 heavy (non-hydrogen) atoms. The van der Waals surface area contributed by atoms with Crippen molar-refractivity contribution in [3.63, 3.8) is 0 Å². The fourth-order valence-corrected chi connectivity index (χ4v) is 3.00. The van der Waals surface area contributed by atoms with Gasteiger partial charge in [-0.3, -0.25) is 4.79 Å². The van der Waals surface area contributed by atoms with Crippen molar-refractivity contribution in [3.05, 3.63) is 63.8 Å². The van der Waals surface area contributed by atoms with Crippen LogP contribution in [0.3, 0.4) is 0 Å². The van der Waals surface area contributed by atoms with Crippen LogP contribution in [0.5, 0.6) is 5.75 Å². The van der Waals surface area contributed by atoms with Crippen LogP contribution < -0.4 is 10.2 Å². The van der Waals surface area contributed by atoms with Crippen molar-refractivity contribution in [1.82, 2.24) is 0 Å². The molecule has 0 saturated carbocycles. The van der Waals surface area contributed by atoms with Crippen molar-refractivity contribution in [2.24, 2.45) is 0 Å². The summed E-state index contributed by atoms with van der Waals surface area (Å²) in [5, 5.41) is 0.643. The molecule has 1 atom stereocenters. The van der Waals surface area contributed by atoms with Crippen LogP contribution in [0.1, 0.15) is 57.6 Å². The Labute approximate surface area is 162 Å². The maximum atomic E-state index is 12.7. The van der Waals surface area contributed by atoms with E-state index in [2.05, 4.69) is 33.8 Å². The lowest BCUT2D eigenvalue weighted by molar-refractivity contribution is 0.415. The van der Waals surface area contributed by atoms with E-state index in [9.17, 15) is 4.79 Å². The fraction of sp³-hybridized carbons (Fsp3) is 0.375. The Morgan fingerprint density at radius 3 is 2.37 bits per heavy atom. The van der Waals surface area contributed by atoms with E-state index in [1.165, 1.54) is 6.42 Å². The van der Waals surface area contributed by atoms with E-state index < -0.39 is 0 Å². The topological polar surface area (TPSA) is 39.4 Å². The maximum Gasteiger partial charge on any atom is 0.193 e. The molecule has 3 rings (SSSR count). The summed E-state index contributed by atoms with van der Waals surface area (Å²) in [6.45, 7) is 10.6. The number of hydrogen-bond donors (Lipinski definition) is 0. The molecule has 1 heterocycles. The molecule has 0 bridgehead atoms. The predicted molar refractivity (Wildman–Crippen MR) is 114 cm³/mol. The summed E-state index contributed by atoms with van der Waals surface area (Å²) in [6, 6.07) is 13.1. The van der Waals surface area contributed by atoms with E-state index >= 15 is 0 Å². The van der Waals surface area contributed by atoms with Crippen LogP contribution in [-0.4, -0.2) is 7.11 Å². The molecule has 0 aliphatic rings. The fourth-order valence-electron chi connectivity index (χ4n) is 3.00. The zero-order chi connectivity index (χ0) is 20.0. The minimum atomic E-state index is -0.0228. The second-order valence-electron chi connectivity index (χ2n) is 6.92. The standard InChI is InChI=1S/C21H22O3.C3H8/c1-5-14(3)16-10-13(2)11-17-18(22)12-20(24-21(16)17)15-8-6-7-9-19(15)23-4;1-3-2/h6-12,14H,5H2,1-4H3;3H2,1-2H3. The van der Waals surface area contributed by atoms with Gasteiger partial charge in [0.15, 0.2) is 5.43 Å². The Kier molecular flexibility index (Phi) is 7.23. The zero-order valence-corrected chi connectivity index (χ0v) is 17.3. The van der Waals surface area contributed by atoms with E-state index in [-0.39, 0.29) is 5.43 Å². The molecule has 1 aromatic heterocycles. The van der Waals surface area contributed by atoms with Gasteiger partial charge in [0.25, 0.3) is 0 Å². The Bertz CT molecular complexity index is 953. The van der Waals surface area contributed by atoms with Gasteiger partial charge in [0.2, 0.25) is 0 Å². The van der Waals surface area contributed by atoms with E-state index in [0.29, 0.717) is 28.4 Å². The lowest BCUT2D eigenvalue weighted by Crippen LogP contribution is -2.04. The van der Waals surface area contributed by atoms with Gasteiger partial charge in [-0.1, -0.05) is 52.3 Å². The van der Waals surface area contributed by atoms with Crippen molar-refractivity contribution in [1.29, 1.82) is 0 Å². The summed E-state index contributed by atoms with van der Waals surface area (Å²) in [7, 11) is 1.62. The average Bonchev–Trinajstić information content (AvgIpc) is 2.67. The largest absolute Gasteiger partial charge is 0.496 e. The molecule has 2 aromatic carbocycles. The zero-order valence-electron chi connectivity index (χ0n) is 17.3. The maximum absolute atomic E-state index is 12.7. The normalized spacial score (nSPS) is 11.6. The SMILES string of the molecule is CCC.CCC(C)c1cc(C)cc2c(=O)cc(-c3ccccc3OC)oc12. The Balaban J connectivity index is 0.000000817. The molecule has 144 valence electrons. The van der Waals surface area contributed by atoms with Crippen LogP contribution >= 0.6 is 0 Å². The molecule has 0 spiro atoms. The van der Waals surface area contributed by atoms with Crippen molar-refractivity contribution < 1.29 is 9.15 Å². The first-order chi connectivity index (χ1) is 13.0. The number of rotatable bonds is 4. The number of hydrogen-bond acceptors (Lipinski definition) is 3. The minimum Gasteiger partial charge on any atom is -0.496 e. The molecule has 0 amide bonds. The molecule has 0 aliphatic carbocycles. The third kappa shape index (κ3) is 4.60. The minimum absolute atomic E-state index is 0.0228. The van der Waals surface area contributed by atoms with E-state index in [1.54, 1.807) is 13.2 Å². The summed E-state index contributed by atoms with van der Waals surface area (Å²) >= 11 is 0. The molecule has 3 nitrogen and oxygen atoms in total. The number of benzene rings is 2. The molecule has 0 fully saturated rings. The van der Waals surface area contributed by atoms with Gasteiger partial charge in [0.1, 0.15) is 17.1 Å². The molecule has 3 aromatic rings. The first-order valence-electron chi connectivity index (χ1n) is 9.68. The van der Waals surface area contributed by atoms with Gasteiger partial charge in [-0.15, -0.1) is 0 Å². The molecule has 3 heteroatoms. The van der Waals surface area contributed by atoms with Gasteiger partial charge in [-0.05, 0) is 48.6 Å². The van der Waals surface area contributed by atoms with E-state index in [4.69, 9.17) is 9.15 Å². The highest BCUT2D eigenvalue weighted by Crippen LogP contribution is 2.34.